The van der Waals surface area contributed by atoms with Crippen molar-refractivity contribution in [2.75, 3.05) is 32.8 Å². The molecule has 0 radical (unpaired) electrons. The summed E-state index contributed by atoms with van der Waals surface area (Å²) in [6.45, 7) is -1.00. The zero-order chi connectivity index (χ0) is 44.6. The molecule has 6 aromatic carbocycles. The maximum absolute atomic E-state index is 13.8. The van der Waals surface area contributed by atoms with Gasteiger partial charge in [-0.1, -0.05) is 146 Å². The van der Waals surface area contributed by atoms with Crippen LogP contribution in [0.3, 0.4) is 0 Å². The van der Waals surface area contributed by atoms with Crippen molar-refractivity contribution < 1.29 is 37.8 Å². The summed E-state index contributed by atoms with van der Waals surface area (Å²) in [5.41, 5.74) is 2.39. The highest BCUT2D eigenvalue weighted by molar-refractivity contribution is 7.46. The number of aromatic amines is 1. The number of imidazole rings is 1. The van der Waals surface area contributed by atoms with Crippen LogP contribution < -0.4 is 20.3 Å². The second kappa shape index (κ2) is 19.2. The number of phosphoric ester groups is 1. The summed E-state index contributed by atoms with van der Waals surface area (Å²) in [5.74, 6) is 1.47. The molecule has 15 heteroatoms. The van der Waals surface area contributed by atoms with Crippen molar-refractivity contribution in [3.05, 3.63) is 220 Å². The summed E-state index contributed by atoms with van der Waals surface area (Å²) in [4.78, 5) is 45.6. The molecule has 1 unspecified atom stereocenters. The number of rotatable bonds is 19. The minimum atomic E-state index is -4.95. The number of phosphoric acid groups is 1. The molecule has 8 aromatic rings. The lowest BCUT2D eigenvalue weighted by Gasteiger charge is -2.37. The molecule has 0 saturated heterocycles. The molecule has 64 heavy (non-hydrogen) atoms. The summed E-state index contributed by atoms with van der Waals surface area (Å²) < 4.78 is 42.9. The van der Waals surface area contributed by atoms with E-state index in [1.54, 1.807) is 14.2 Å². The highest BCUT2D eigenvalue weighted by atomic mass is 31.2. The van der Waals surface area contributed by atoms with Gasteiger partial charge in [0, 0.05) is 0 Å². The molecule has 0 bridgehead atoms. The van der Waals surface area contributed by atoms with Gasteiger partial charge in [-0.2, -0.15) is 4.98 Å². The van der Waals surface area contributed by atoms with Gasteiger partial charge in [0.25, 0.3) is 5.56 Å². The Bertz CT molecular complexity index is 2780. The Labute approximate surface area is 369 Å². The van der Waals surface area contributed by atoms with Crippen molar-refractivity contribution in [1.29, 1.82) is 0 Å². The second-order valence-electron chi connectivity index (χ2n) is 14.8. The third kappa shape index (κ3) is 9.24. The van der Waals surface area contributed by atoms with Gasteiger partial charge in [0.05, 0.1) is 33.8 Å². The van der Waals surface area contributed by atoms with E-state index in [1.165, 1.54) is 10.9 Å². The van der Waals surface area contributed by atoms with Crippen LogP contribution in [0.15, 0.2) is 181 Å². The number of anilines is 1. The minimum Gasteiger partial charge on any atom is -0.497 e. The molecule has 2 heterocycles. The summed E-state index contributed by atoms with van der Waals surface area (Å²) in [5, 5.41) is 3.60. The quantitative estimate of drug-likeness (QED) is 0.0455. The van der Waals surface area contributed by atoms with E-state index in [9.17, 15) is 19.1 Å². The predicted molar refractivity (Wildman–Crippen MR) is 242 cm³/mol. The van der Waals surface area contributed by atoms with Gasteiger partial charge in [-0.15, -0.1) is 0 Å². The zero-order valence-electron chi connectivity index (χ0n) is 35.0. The minimum absolute atomic E-state index is 0.0505. The van der Waals surface area contributed by atoms with Crippen molar-refractivity contribution in [3.8, 4) is 11.5 Å². The fraction of sp³-hybridized carbons (Fsp3) is 0.163. The Balaban J connectivity index is 1.15. The van der Waals surface area contributed by atoms with Gasteiger partial charge in [-0.3, -0.25) is 18.9 Å². The first kappa shape index (κ1) is 43.7. The molecule has 0 aliphatic heterocycles. The lowest BCUT2D eigenvalue weighted by Crippen LogP contribution is -2.39. The van der Waals surface area contributed by atoms with Gasteiger partial charge in [0.2, 0.25) is 5.95 Å². The first-order valence-electron chi connectivity index (χ1n) is 20.3. The molecule has 4 N–H and O–H groups in total. The molecule has 0 aliphatic carbocycles. The van der Waals surface area contributed by atoms with Crippen LogP contribution in [0.25, 0.3) is 11.2 Å². The van der Waals surface area contributed by atoms with Gasteiger partial charge in [-0.05, 0) is 57.6 Å². The largest absolute Gasteiger partial charge is 0.497 e. The monoisotopic (exact) mass is 879 g/mol. The Morgan fingerprint density at radius 2 is 1.11 bits per heavy atom. The average molecular weight is 880 g/mol. The van der Waals surface area contributed by atoms with Gasteiger partial charge < -0.3 is 34.1 Å². The molecule has 8 rings (SSSR count). The maximum atomic E-state index is 13.8. The van der Waals surface area contributed by atoms with E-state index in [1.807, 2.05) is 170 Å². The van der Waals surface area contributed by atoms with Crippen molar-refractivity contribution in [1.82, 2.24) is 19.5 Å². The SMILES string of the molecule is COc1ccc(C(Nc2nc3c(ncn3COC(COC(c3ccccc3)(c3ccccc3)c3ccc(OC)cc3)COP(=O)(O)O)c(=O)[nH]2)(c2ccccc2)c2ccccc2)cc1. The Hall–Kier alpha value is -6.90. The van der Waals surface area contributed by atoms with E-state index in [-0.39, 0.29) is 30.4 Å². The Morgan fingerprint density at radius 3 is 1.59 bits per heavy atom. The topological polar surface area (TPSA) is 179 Å². The fourth-order valence-corrected chi connectivity index (χ4v) is 8.23. The number of aromatic nitrogens is 4. The van der Waals surface area contributed by atoms with E-state index >= 15 is 0 Å². The first-order chi connectivity index (χ1) is 31.1. The van der Waals surface area contributed by atoms with E-state index in [0.717, 1.165) is 33.4 Å². The number of nitrogens with zero attached hydrogens (tertiary/aromatic N) is 3. The summed E-state index contributed by atoms with van der Waals surface area (Å²) in [7, 11) is -1.75. The summed E-state index contributed by atoms with van der Waals surface area (Å²) >= 11 is 0. The van der Waals surface area contributed by atoms with Crippen molar-refractivity contribution in [2.24, 2.45) is 0 Å². The predicted octanol–water partition coefficient (Wildman–Crippen LogP) is 8.00. The molecule has 0 amide bonds. The van der Waals surface area contributed by atoms with Crippen LogP contribution in [0.5, 0.6) is 11.5 Å². The standard InChI is InChI=1S/C49H46N5O9P/c1-59-41-27-23-37(24-28-41)48(35-15-7-3-8-16-35,36-17-9-4-10-18-36)53-47-51-45-44(46(55)52-47)50-33-54(45)34-61-43(32-63-64(56,57)58)31-62-49(38-19-11-5-12-20-38,39-21-13-6-14-22-39)40-25-29-42(60-2)30-26-40/h3-30,33,43H,31-32,34H2,1-2H3,(H2,56,57,58)(H2,51,52,53,55). The van der Waals surface area contributed by atoms with E-state index < -0.39 is 37.2 Å². The number of methoxy groups -OCH3 is 2. The number of ether oxygens (including phenoxy) is 4. The third-order valence-corrected chi connectivity index (χ3v) is 11.4. The number of H-pyrrole nitrogens is 1. The smallest absolute Gasteiger partial charge is 0.469 e. The Kier molecular flexibility index (Phi) is 13.1. The molecule has 0 saturated carbocycles. The van der Waals surface area contributed by atoms with Crippen molar-refractivity contribution in [3.63, 3.8) is 0 Å². The van der Waals surface area contributed by atoms with E-state index in [2.05, 4.69) is 15.3 Å². The highest BCUT2D eigenvalue weighted by Gasteiger charge is 2.40. The van der Waals surface area contributed by atoms with Crippen LogP contribution in [0, 0.1) is 0 Å². The van der Waals surface area contributed by atoms with Crippen LogP contribution in [0.2, 0.25) is 0 Å². The third-order valence-electron chi connectivity index (χ3n) is 10.9. The molecular weight excluding hydrogens is 834 g/mol. The molecule has 2 aromatic heterocycles. The molecule has 0 spiro atoms. The van der Waals surface area contributed by atoms with Crippen molar-refractivity contribution >= 4 is 24.9 Å². The normalized spacial score (nSPS) is 12.5. The number of fused-ring (bicyclic) bond motifs is 1. The van der Waals surface area contributed by atoms with Crippen LogP contribution in [0.1, 0.15) is 33.4 Å². The molecular formula is C49H46N5O9P. The second-order valence-corrected chi connectivity index (χ2v) is 16.0. The molecule has 326 valence electrons. The molecule has 0 fully saturated rings. The number of benzene rings is 6. The zero-order valence-corrected chi connectivity index (χ0v) is 35.9. The number of nitrogens with one attached hydrogen (secondary N) is 2. The summed E-state index contributed by atoms with van der Waals surface area (Å²) in [6.07, 6.45) is 0.354. The van der Waals surface area contributed by atoms with Crippen LogP contribution in [0.4, 0.5) is 5.95 Å². The van der Waals surface area contributed by atoms with Crippen molar-refractivity contribution in [2.45, 2.75) is 24.0 Å². The number of hydrogen-bond donors (Lipinski definition) is 4. The molecule has 14 nitrogen and oxygen atoms in total. The van der Waals surface area contributed by atoms with Gasteiger partial charge in [0.15, 0.2) is 11.2 Å². The Morgan fingerprint density at radius 1 is 0.656 bits per heavy atom. The summed E-state index contributed by atoms with van der Waals surface area (Å²) in [6, 6.07) is 54.1. The van der Waals surface area contributed by atoms with Crippen LogP contribution >= 0.6 is 7.82 Å². The average Bonchev–Trinajstić information content (AvgIpc) is 3.76. The van der Waals surface area contributed by atoms with Gasteiger partial charge in [-0.25, -0.2) is 9.55 Å². The molecule has 0 aliphatic rings. The van der Waals surface area contributed by atoms with Gasteiger partial charge >= 0.3 is 7.82 Å². The lowest BCUT2D eigenvalue weighted by molar-refractivity contribution is -0.0959. The fourth-order valence-electron chi connectivity index (χ4n) is 7.87. The van der Waals surface area contributed by atoms with Gasteiger partial charge in [0.1, 0.15) is 35.5 Å². The number of hydrogen-bond acceptors (Lipinski definition) is 10. The van der Waals surface area contributed by atoms with Crippen LogP contribution in [-0.2, 0) is 36.4 Å². The van der Waals surface area contributed by atoms with Crippen LogP contribution in [-0.4, -0.2) is 62.8 Å². The first-order valence-corrected chi connectivity index (χ1v) is 21.9. The highest BCUT2D eigenvalue weighted by Crippen LogP contribution is 2.43. The molecule has 1 atom stereocenters. The van der Waals surface area contributed by atoms with E-state index in [4.69, 9.17) is 28.5 Å². The van der Waals surface area contributed by atoms with E-state index in [0.29, 0.717) is 11.5 Å². The maximum Gasteiger partial charge on any atom is 0.469 e. The lowest BCUT2D eigenvalue weighted by atomic mass is 9.77.